The minimum absolute atomic E-state index is 0.103. The molecule has 2 aliphatic heterocycles. The SMILES string of the molecule is C[C@@H]1CCN(C(=O)OC(C)(C)C)C[C@@H]1C(=O)O.C[C@H]1CCN(C(=O)OC(C)(C)C)C[C@H]1C(=O)O. The minimum Gasteiger partial charge on any atom is -0.481 e. The number of rotatable bonds is 2. The number of carbonyl (C=O) groups excluding carboxylic acids is 2. The predicted octanol–water partition coefficient (Wildman–Crippen LogP) is 3.93. The number of ether oxygens (including phenoxy) is 2. The summed E-state index contributed by atoms with van der Waals surface area (Å²) in [6.45, 7) is 16.2. The van der Waals surface area contributed by atoms with E-state index in [1.54, 1.807) is 41.5 Å². The Kier molecular flexibility index (Phi) is 10.2. The smallest absolute Gasteiger partial charge is 0.410 e. The molecule has 2 rings (SSSR count). The van der Waals surface area contributed by atoms with E-state index in [0.717, 1.165) is 0 Å². The van der Waals surface area contributed by atoms with Gasteiger partial charge in [0.2, 0.25) is 0 Å². The fourth-order valence-electron chi connectivity index (χ4n) is 3.77. The molecule has 2 amide bonds. The molecule has 0 aromatic heterocycles. The molecule has 0 aromatic rings. The second-order valence-corrected chi connectivity index (χ2v) is 11.3. The average Bonchev–Trinajstić information content (AvgIpc) is 2.66. The van der Waals surface area contributed by atoms with Gasteiger partial charge in [0, 0.05) is 26.2 Å². The van der Waals surface area contributed by atoms with Crippen LogP contribution in [0.3, 0.4) is 0 Å². The number of piperidine rings is 2. The molecule has 10 heteroatoms. The number of hydrogen-bond donors (Lipinski definition) is 2. The van der Waals surface area contributed by atoms with Gasteiger partial charge in [-0.3, -0.25) is 9.59 Å². The van der Waals surface area contributed by atoms with Gasteiger partial charge in [0.1, 0.15) is 11.2 Å². The van der Waals surface area contributed by atoms with E-state index in [1.807, 2.05) is 13.8 Å². The highest BCUT2D eigenvalue weighted by Gasteiger charge is 2.36. The number of carboxylic acids is 2. The van der Waals surface area contributed by atoms with E-state index in [9.17, 15) is 19.2 Å². The van der Waals surface area contributed by atoms with Crippen LogP contribution >= 0.6 is 0 Å². The highest BCUT2D eigenvalue weighted by Crippen LogP contribution is 2.26. The van der Waals surface area contributed by atoms with Gasteiger partial charge in [0.15, 0.2) is 0 Å². The van der Waals surface area contributed by atoms with E-state index in [4.69, 9.17) is 19.7 Å². The molecule has 34 heavy (non-hydrogen) atoms. The quantitative estimate of drug-likeness (QED) is 0.600. The van der Waals surface area contributed by atoms with Crippen molar-refractivity contribution in [3.63, 3.8) is 0 Å². The molecular weight excluding hydrogens is 444 g/mol. The molecule has 10 nitrogen and oxygen atoms in total. The van der Waals surface area contributed by atoms with Gasteiger partial charge >= 0.3 is 24.1 Å². The Hall–Kier alpha value is -2.52. The van der Waals surface area contributed by atoms with Gasteiger partial charge in [-0.25, -0.2) is 9.59 Å². The maximum Gasteiger partial charge on any atom is 0.410 e. The van der Waals surface area contributed by atoms with Gasteiger partial charge in [-0.15, -0.1) is 0 Å². The van der Waals surface area contributed by atoms with Crippen LogP contribution in [0.4, 0.5) is 9.59 Å². The van der Waals surface area contributed by atoms with Crippen molar-refractivity contribution in [1.82, 2.24) is 9.80 Å². The highest BCUT2D eigenvalue weighted by atomic mass is 16.6. The summed E-state index contributed by atoms with van der Waals surface area (Å²) in [6.07, 6.45) is 0.568. The van der Waals surface area contributed by atoms with Crippen LogP contribution in [-0.4, -0.2) is 81.5 Å². The molecule has 2 heterocycles. The Morgan fingerprint density at radius 3 is 1.21 bits per heavy atom. The van der Waals surface area contributed by atoms with Gasteiger partial charge in [-0.1, -0.05) is 13.8 Å². The monoisotopic (exact) mass is 486 g/mol. The molecule has 2 aliphatic rings. The number of amides is 2. The van der Waals surface area contributed by atoms with E-state index >= 15 is 0 Å². The lowest BCUT2D eigenvalue weighted by Crippen LogP contribution is -2.47. The fourth-order valence-corrected chi connectivity index (χ4v) is 3.77. The Balaban J connectivity index is 0.000000340. The van der Waals surface area contributed by atoms with Crippen LogP contribution in [0.15, 0.2) is 0 Å². The zero-order valence-corrected chi connectivity index (χ0v) is 21.8. The van der Waals surface area contributed by atoms with Gasteiger partial charge in [-0.2, -0.15) is 0 Å². The number of likely N-dealkylation sites (tertiary alicyclic amines) is 2. The van der Waals surface area contributed by atoms with Crippen LogP contribution in [0.1, 0.15) is 68.2 Å². The number of carboxylic acid groups (broad SMARTS) is 2. The van der Waals surface area contributed by atoms with Gasteiger partial charge < -0.3 is 29.5 Å². The maximum absolute atomic E-state index is 11.8. The van der Waals surface area contributed by atoms with Crippen LogP contribution in [-0.2, 0) is 19.1 Å². The summed E-state index contributed by atoms with van der Waals surface area (Å²) in [5.74, 6) is -2.46. The Labute approximate surface area is 202 Å². The third-order valence-corrected chi connectivity index (χ3v) is 5.85. The minimum atomic E-state index is -0.842. The van der Waals surface area contributed by atoms with E-state index in [1.165, 1.54) is 9.80 Å². The molecule has 4 atom stereocenters. The van der Waals surface area contributed by atoms with Gasteiger partial charge in [-0.05, 0) is 66.2 Å². The van der Waals surface area contributed by atoms with Crippen LogP contribution in [0.25, 0.3) is 0 Å². The summed E-state index contributed by atoms with van der Waals surface area (Å²) in [5, 5.41) is 18.1. The van der Waals surface area contributed by atoms with E-state index in [2.05, 4.69) is 0 Å². The molecule has 196 valence electrons. The second kappa shape index (κ2) is 11.8. The number of carbonyl (C=O) groups is 4. The first-order chi connectivity index (χ1) is 15.4. The molecule has 0 aromatic carbocycles. The first-order valence-electron chi connectivity index (χ1n) is 11.8. The lowest BCUT2D eigenvalue weighted by molar-refractivity contribution is -0.146. The van der Waals surface area contributed by atoms with Crippen molar-refractivity contribution in [1.29, 1.82) is 0 Å². The third kappa shape index (κ3) is 9.77. The molecule has 2 N–H and O–H groups in total. The van der Waals surface area contributed by atoms with Crippen molar-refractivity contribution in [3.8, 4) is 0 Å². The Morgan fingerprint density at radius 2 is 0.971 bits per heavy atom. The topological polar surface area (TPSA) is 134 Å². The van der Waals surface area contributed by atoms with E-state index in [0.29, 0.717) is 25.9 Å². The summed E-state index contributed by atoms with van der Waals surface area (Å²) in [7, 11) is 0. The van der Waals surface area contributed by atoms with Gasteiger partial charge in [0.25, 0.3) is 0 Å². The fraction of sp³-hybridized carbons (Fsp3) is 0.833. The molecular formula is C24H42N2O8. The van der Waals surface area contributed by atoms with Crippen LogP contribution in [0.2, 0.25) is 0 Å². The molecule has 0 unspecified atom stereocenters. The van der Waals surface area contributed by atoms with Crippen LogP contribution < -0.4 is 0 Å². The molecule has 0 spiro atoms. The maximum atomic E-state index is 11.8. The second-order valence-electron chi connectivity index (χ2n) is 11.3. The molecule has 0 bridgehead atoms. The number of aliphatic carboxylic acids is 2. The van der Waals surface area contributed by atoms with Crippen molar-refractivity contribution in [3.05, 3.63) is 0 Å². The average molecular weight is 487 g/mol. The summed E-state index contributed by atoms with van der Waals surface area (Å²) < 4.78 is 10.5. The van der Waals surface area contributed by atoms with Crippen LogP contribution in [0, 0.1) is 23.7 Å². The summed E-state index contributed by atoms with van der Waals surface area (Å²) in [4.78, 5) is 48.7. The Bertz CT molecular complexity index is 678. The first-order valence-corrected chi connectivity index (χ1v) is 11.8. The number of hydrogen-bond acceptors (Lipinski definition) is 6. The number of nitrogens with zero attached hydrogens (tertiary/aromatic N) is 2. The largest absolute Gasteiger partial charge is 0.481 e. The molecule has 0 aliphatic carbocycles. The van der Waals surface area contributed by atoms with E-state index < -0.39 is 47.2 Å². The van der Waals surface area contributed by atoms with Gasteiger partial charge in [0.05, 0.1) is 11.8 Å². The lowest BCUT2D eigenvalue weighted by Gasteiger charge is -2.35. The van der Waals surface area contributed by atoms with Crippen molar-refractivity contribution < 1.29 is 38.9 Å². The van der Waals surface area contributed by atoms with Crippen molar-refractivity contribution in [2.45, 2.75) is 79.4 Å². The standard InChI is InChI=1S/2C12H21NO4/c2*1-8-5-6-13(7-9(8)10(14)15)11(16)17-12(2,3)4/h2*8-9H,5-7H2,1-4H3,(H,14,15)/t2*8-,9+/m10/s1. The molecule has 0 radical (unpaired) electrons. The first kappa shape index (κ1) is 29.5. The van der Waals surface area contributed by atoms with Crippen molar-refractivity contribution in [2.24, 2.45) is 23.7 Å². The normalized spacial score (nSPS) is 25.5. The summed E-state index contributed by atoms with van der Waals surface area (Å²) >= 11 is 0. The molecule has 2 saturated heterocycles. The molecule has 2 fully saturated rings. The van der Waals surface area contributed by atoms with Crippen molar-refractivity contribution >= 4 is 24.1 Å². The highest BCUT2D eigenvalue weighted by molar-refractivity contribution is 5.74. The lowest BCUT2D eigenvalue weighted by atomic mass is 9.87. The summed E-state index contributed by atoms with van der Waals surface area (Å²) in [5.41, 5.74) is -1.09. The predicted molar refractivity (Wildman–Crippen MR) is 125 cm³/mol. The Morgan fingerprint density at radius 1 is 0.676 bits per heavy atom. The third-order valence-electron chi connectivity index (χ3n) is 5.85. The summed E-state index contributed by atoms with van der Waals surface area (Å²) in [6, 6.07) is 0. The molecule has 0 saturated carbocycles. The zero-order valence-electron chi connectivity index (χ0n) is 21.8. The zero-order chi connectivity index (χ0) is 26.4. The van der Waals surface area contributed by atoms with Crippen molar-refractivity contribution in [2.75, 3.05) is 26.2 Å². The van der Waals surface area contributed by atoms with E-state index in [-0.39, 0.29) is 24.9 Å². The van der Waals surface area contributed by atoms with Crippen LogP contribution in [0.5, 0.6) is 0 Å².